The average Bonchev–Trinajstić information content (AvgIpc) is 2.63. The van der Waals surface area contributed by atoms with Gasteiger partial charge in [0.2, 0.25) is 0 Å². The van der Waals surface area contributed by atoms with E-state index in [0.29, 0.717) is 12.2 Å². The smallest absolute Gasteiger partial charge is 0.0869 e. The molecule has 62 valence electrons. The molecule has 2 heterocycles. The summed E-state index contributed by atoms with van der Waals surface area (Å²) in [6.45, 7) is 0.984. The van der Waals surface area contributed by atoms with E-state index in [9.17, 15) is 0 Å². The minimum absolute atomic E-state index is 0.262. The second-order valence-electron chi connectivity index (χ2n) is 4.09. The van der Waals surface area contributed by atoms with Crippen molar-refractivity contribution in [1.82, 2.24) is 0 Å². The third-order valence-electron chi connectivity index (χ3n) is 3.33. The van der Waals surface area contributed by atoms with E-state index in [-0.39, 0.29) is 5.60 Å². The second-order valence-corrected chi connectivity index (χ2v) is 4.09. The highest BCUT2D eigenvalue weighted by Gasteiger charge is 2.52. The Morgan fingerprint density at radius 3 is 2.91 bits per heavy atom. The number of rotatable bonds is 0. The lowest BCUT2D eigenvalue weighted by atomic mass is 9.83. The molecule has 3 aliphatic rings. The monoisotopic (exact) mass is 154 g/mol. The minimum atomic E-state index is 0.262. The van der Waals surface area contributed by atoms with Crippen molar-refractivity contribution in [2.75, 3.05) is 6.61 Å². The van der Waals surface area contributed by atoms with Gasteiger partial charge >= 0.3 is 0 Å². The van der Waals surface area contributed by atoms with Crippen LogP contribution in [0.3, 0.4) is 0 Å². The highest BCUT2D eigenvalue weighted by atomic mass is 16.6. The molecule has 2 heteroatoms. The maximum Gasteiger partial charge on any atom is 0.0869 e. The molecule has 1 saturated carbocycles. The molecule has 0 aromatic heterocycles. The zero-order valence-electron chi connectivity index (χ0n) is 6.71. The fourth-order valence-corrected chi connectivity index (χ4v) is 2.60. The van der Waals surface area contributed by atoms with Gasteiger partial charge < -0.3 is 9.47 Å². The van der Waals surface area contributed by atoms with Crippen molar-refractivity contribution in [2.24, 2.45) is 0 Å². The van der Waals surface area contributed by atoms with E-state index in [1.54, 1.807) is 0 Å². The van der Waals surface area contributed by atoms with E-state index in [1.807, 2.05) is 0 Å². The molecular formula is C9H14O2. The summed E-state index contributed by atoms with van der Waals surface area (Å²) in [5, 5.41) is 0. The van der Waals surface area contributed by atoms with Crippen molar-refractivity contribution in [3.8, 4) is 0 Å². The third kappa shape index (κ3) is 0.926. The molecule has 0 radical (unpaired) electrons. The van der Waals surface area contributed by atoms with Crippen LogP contribution in [-0.2, 0) is 9.47 Å². The van der Waals surface area contributed by atoms with Gasteiger partial charge in [0.15, 0.2) is 0 Å². The maximum absolute atomic E-state index is 5.80. The first kappa shape index (κ1) is 6.44. The molecule has 2 aliphatic heterocycles. The Morgan fingerprint density at radius 1 is 1.18 bits per heavy atom. The Balaban J connectivity index is 1.76. The Bertz CT molecular complexity index is 172. The van der Waals surface area contributed by atoms with Crippen LogP contribution in [0, 0.1) is 0 Å². The molecule has 11 heavy (non-hydrogen) atoms. The van der Waals surface area contributed by atoms with Crippen molar-refractivity contribution >= 4 is 0 Å². The molecule has 0 amide bonds. The SMILES string of the molecule is C1CO[C@@]2(C1)CCC1OC1C2. The number of fused-ring (bicyclic) bond motifs is 1. The average molecular weight is 154 g/mol. The van der Waals surface area contributed by atoms with E-state index in [0.717, 1.165) is 6.61 Å². The van der Waals surface area contributed by atoms with Crippen LogP contribution >= 0.6 is 0 Å². The van der Waals surface area contributed by atoms with Gasteiger partial charge in [-0.2, -0.15) is 0 Å². The van der Waals surface area contributed by atoms with Gasteiger partial charge in [0, 0.05) is 13.0 Å². The first-order valence-corrected chi connectivity index (χ1v) is 4.67. The van der Waals surface area contributed by atoms with Gasteiger partial charge in [0.1, 0.15) is 0 Å². The zero-order chi connectivity index (χ0) is 7.31. The lowest BCUT2D eigenvalue weighted by Gasteiger charge is -2.29. The van der Waals surface area contributed by atoms with Crippen LogP contribution in [0.1, 0.15) is 32.1 Å². The first-order valence-electron chi connectivity index (χ1n) is 4.67. The van der Waals surface area contributed by atoms with Crippen molar-refractivity contribution in [1.29, 1.82) is 0 Å². The standard InChI is InChI=1S/C9H14O2/c1-3-9(10-5-1)4-2-7-8(6-9)11-7/h7-8H,1-6H2/t7?,8?,9-/m0/s1. The molecular weight excluding hydrogens is 140 g/mol. The fraction of sp³-hybridized carbons (Fsp3) is 1.00. The summed E-state index contributed by atoms with van der Waals surface area (Å²) in [5.74, 6) is 0. The third-order valence-corrected chi connectivity index (χ3v) is 3.33. The number of hydrogen-bond acceptors (Lipinski definition) is 2. The summed E-state index contributed by atoms with van der Waals surface area (Å²) in [6, 6.07) is 0. The molecule has 0 aromatic carbocycles. The van der Waals surface area contributed by atoms with E-state index in [2.05, 4.69) is 0 Å². The highest BCUT2D eigenvalue weighted by molar-refractivity contribution is 5.01. The molecule has 3 atom stereocenters. The Kier molecular flexibility index (Phi) is 1.16. The number of hydrogen-bond donors (Lipinski definition) is 0. The van der Waals surface area contributed by atoms with Gasteiger partial charge in [-0.3, -0.25) is 0 Å². The van der Waals surface area contributed by atoms with Gasteiger partial charge in [-0.1, -0.05) is 0 Å². The summed E-state index contributed by atoms with van der Waals surface area (Å²) < 4.78 is 11.3. The van der Waals surface area contributed by atoms with Gasteiger partial charge in [0.05, 0.1) is 17.8 Å². The molecule has 3 rings (SSSR count). The molecule has 2 saturated heterocycles. The van der Waals surface area contributed by atoms with Crippen LogP contribution in [-0.4, -0.2) is 24.4 Å². The van der Waals surface area contributed by atoms with Crippen LogP contribution in [0.2, 0.25) is 0 Å². The van der Waals surface area contributed by atoms with Gasteiger partial charge in [-0.15, -0.1) is 0 Å². The Morgan fingerprint density at radius 2 is 2.18 bits per heavy atom. The number of epoxide rings is 1. The molecule has 1 spiro atoms. The van der Waals surface area contributed by atoms with Crippen molar-refractivity contribution < 1.29 is 9.47 Å². The van der Waals surface area contributed by atoms with Crippen molar-refractivity contribution in [2.45, 2.75) is 49.9 Å². The molecule has 2 nitrogen and oxygen atoms in total. The van der Waals surface area contributed by atoms with Crippen molar-refractivity contribution in [3.05, 3.63) is 0 Å². The summed E-state index contributed by atoms with van der Waals surface area (Å²) in [6.07, 6.45) is 7.39. The largest absolute Gasteiger partial charge is 0.375 e. The maximum atomic E-state index is 5.80. The van der Waals surface area contributed by atoms with Gasteiger partial charge in [0.25, 0.3) is 0 Å². The van der Waals surface area contributed by atoms with Crippen molar-refractivity contribution in [3.63, 3.8) is 0 Å². The molecule has 0 bridgehead atoms. The van der Waals surface area contributed by atoms with Crippen LogP contribution in [0.25, 0.3) is 0 Å². The lowest BCUT2D eigenvalue weighted by Crippen LogP contribution is -2.33. The molecule has 1 aliphatic carbocycles. The molecule has 2 unspecified atom stereocenters. The number of ether oxygens (including phenoxy) is 2. The Labute approximate surface area is 66.9 Å². The zero-order valence-corrected chi connectivity index (χ0v) is 6.71. The predicted octanol–water partition coefficient (Wildman–Crippen LogP) is 1.49. The van der Waals surface area contributed by atoms with E-state index >= 15 is 0 Å². The quantitative estimate of drug-likeness (QED) is 0.493. The Hall–Kier alpha value is -0.0800. The lowest BCUT2D eigenvalue weighted by molar-refractivity contribution is -0.0192. The van der Waals surface area contributed by atoms with E-state index in [4.69, 9.17) is 9.47 Å². The normalized spacial score (nSPS) is 54.5. The minimum Gasteiger partial charge on any atom is -0.375 e. The second kappa shape index (κ2) is 1.99. The van der Waals surface area contributed by atoms with Gasteiger partial charge in [-0.05, 0) is 25.7 Å². The van der Waals surface area contributed by atoms with Crippen LogP contribution < -0.4 is 0 Å². The summed E-state index contributed by atoms with van der Waals surface area (Å²) in [4.78, 5) is 0. The van der Waals surface area contributed by atoms with Gasteiger partial charge in [-0.25, -0.2) is 0 Å². The van der Waals surface area contributed by atoms with E-state index in [1.165, 1.54) is 32.1 Å². The summed E-state index contributed by atoms with van der Waals surface area (Å²) in [7, 11) is 0. The fourth-order valence-electron chi connectivity index (χ4n) is 2.60. The van der Waals surface area contributed by atoms with E-state index < -0.39 is 0 Å². The highest BCUT2D eigenvalue weighted by Crippen LogP contribution is 2.47. The first-order chi connectivity index (χ1) is 5.38. The van der Waals surface area contributed by atoms with Crippen LogP contribution in [0.5, 0.6) is 0 Å². The summed E-state index contributed by atoms with van der Waals surface area (Å²) >= 11 is 0. The topological polar surface area (TPSA) is 21.8 Å². The summed E-state index contributed by atoms with van der Waals surface area (Å²) in [5.41, 5.74) is 0.262. The molecule has 0 aromatic rings. The van der Waals surface area contributed by atoms with Crippen LogP contribution in [0.15, 0.2) is 0 Å². The predicted molar refractivity (Wildman–Crippen MR) is 40.4 cm³/mol. The molecule has 3 fully saturated rings. The molecule has 0 N–H and O–H groups in total. The van der Waals surface area contributed by atoms with Crippen LogP contribution in [0.4, 0.5) is 0 Å².